The molecule has 0 radical (unpaired) electrons. The minimum atomic E-state index is 0.0294. The van der Waals surface area contributed by atoms with Crippen LogP contribution in [0, 0.1) is 0 Å². The molecule has 0 saturated carbocycles. The van der Waals surface area contributed by atoms with E-state index in [4.69, 9.17) is 0 Å². The minimum Gasteiger partial charge on any atom is -0.289 e. The molecule has 1 aromatic carbocycles. The highest BCUT2D eigenvalue weighted by atomic mass is 79.9. The molecule has 0 spiro atoms. The first-order valence-electron chi connectivity index (χ1n) is 5.37. The minimum absolute atomic E-state index is 0.0294. The van der Waals surface area contributed by atoms with Gasteiger partial charge in [-0.2, -0.15) is 11.3 Å². The monoisotopic (exact) mass is 317 g/mol. The third-order valence-electron chi connectivity index (χ3n) is 2.75. The van der Waals surface area contributed by atoms with Crippen molar-refractivity contribution >= 4 is 44.0 Å². The number of rotatable bonds is 2. The Morgan fingerprint density at radius 1 is 1.11 bits per heavy atom. The van der Waals surface area contributed by atoms with Crippen molar-refractivity contribution in [2.24, 2.45) is 0 Å². The molecule has 0 aliphatic heterocycles. The summed E-state index contributed by atoms with van der Waals surface area (Å²) in [5.41, 5.74) is 2.24. The Morgan fingerprint density at radius 3 is 2.78 bits per heavy atom. The lowest BCUT2D eigenvalue weighted by Gasteiger charge is -2.04. The molecule has 2 nitrogen and oxygen atoms in total. The first-order chi connectivity index (χ1) is 8.77. The second-order valence-corrected chi connectivity index (χ2v) is 5.44. The van der Waals surface area contributed by atoms with Crippen LogP contribution in [0.5, 0.6) is 0 Å². The largest absolute Gasteiger partial charge is 0.289 e. The molecule has 2 heterocycles. The van der Waals surface area contributed by atoms with Crippen LogP contribution in [0.1, 0.15) is 15.9 Å². The first kappa shape index (κ1) is 11.6. The molecule has 2 aromatic heterocycles. The van der Waals surface area contributed by atoms with Crippen molar-refractivity contribution in [3.05, 3.63) is 62.9 Å². The summed E-state index contributed by atoms with van der Waals surface area (Å²) in [7, 11) is 0. The number of thiophene rings is 1. The van der Waals surface area contributed by atoms with Crippen molar-refractivity contribution in [2.75, 3.05) is 0 Å². The Balaban J connectivity index is 2.21. The van der Waals surface area contributed by atoms with Gasteiger partial charge in [-0.3, -0.25) is 9.78 Å². The predicted octanol–water partition coefficient (Wildman–Crippen LogP) is 4.29. The van der Waals surface area contributed by atoms with Crippen molar-refractivity contribution < 1.29 is 4.79 Å². The molecule has 0 aliphatic rings. The summed E-state index contributed by atoms with van der Waals surface area (Å²) < 4.78 is 0.846. The summed E-state index contributed by atoms with van der Waals surface area (Å²) in [5.74, 6) is 0.0294. The number of fused-ring (bicyclic) bond motifs is 1. The highest BCUT2D eigenvalue weighted by Crippen LogP contribution is 2.26. The van der Waals surface area contributed by atoms with E-state index in [1.807, 2.05) is 41.1 Å². The first-order valence-corrected chi connectivity index (χ1v) is 7.11. The van der Waals surface area contributed by atoms with E-state index in [2.05, 4.69) is 20.9 Å². The Labute approximate surface area is 116 Å². The van der Waals surface area contributed by atoms with Crippen LogP contribution in [-0.4, -0.2) is 10.8 Å². The molecule has 0 fully saturated rings. The van der Waals surface area contributed by atoms with Crippen LogP contribution >= 0.6 is 27.3 Å². The zero-order valence-corrected chi connectivity index (χ0v) is 11.7. The van der Waals surface area contributed by atoms with Gasteiger partial charge in [-0.25, -0.2) is 0 Å². The van der Waals surface area contributed by atoms with Gasteiger partial charge >= 0.3 is 0 Å². The van der Waals surface area contributed by atoms with Crippen molar-refractivity contribution in [3.63, 3.8) is 0 Å². The summed E-state index contributed by atoms with van der Waals surface area (Å²) in [6, 6.07) is 9.39. The molecular weight excluding hydrogens is 310 g/mol. The van der Waals surface area contributed by atoms with Crippen LogP contribution in [-0.2, 0) is 0 Å². The van der Waals surface area contributed by atoms with Gasteiger partial charge in [-0.15, -0.1) is 0 Å². The molecule has 3 aromatic rings. The van der Waals surface area contributed by atoms with Crippen molar-refractivity contribution in [3.8, 4) is 0 Å². The van der Waals surface area contributed by atoms with E-state index in [0.29, 0.717) is 11.1 Å². The van der Waals surface area contributed by atoms with E-state index in [-0.39, 0.29) is 5.78 Å². The maximum atomic E-state index is 12.5. The van der Waals surface area contributed by atoms with Gasteiger partial charge in [-0.05, 0) is 28.1 Å². The fraction of sp³-hybridized carbons (Fsp3) is 0. The van der Waals surface area contributed by atoms with E-state index in [0.717, 1.165) is 15.4 Å². The number of halogens is 1. The Kier molecular flexibility index (Phi) is 2.97. The lowest BCUT2D eigenvalue weighted by Crippen LogP contribution is -2.01. The smallest absolute Gasteiger partial charge is 0.195 e. The Bertz CT molecular complexity index is 730. The molecule has 0 aliphatic carbocycles. The SMILES string of the molecule is O=C(c1cscc1Br)c1cccc2ncccc12. The number of nitrogens with zero attached hydrogens (tertiary/aromatic N) is 1. The number of hydrogen-bond donors (Lipinski definition) is 0. The average Bonchev–Trinajstić information content (AvgIpc) is 2.83. The number of hydrogen-bond acceptors (Lipinski definition) is 3. The molecular formula is C14H8BrNOS. The fourth-order valence-electron chi connectivity index (χ4n) is 1.89. The van der Waals surface area contributed by atoms with E-state index in [9.17, 15) is 4.79 Å². The zero-order chi connectivity index (χ0) is 12.5. The van der Waals surface area contributed by atoms with Gasteiger partial charge in [0.25, 0.3) is 0 Å². The van der Waals surface area contributed by atoms with Gasteiger partial charge in [-0.1, -0.05) is 18.2 Å². The van der Waals surface area contributed by atoms with Crippen LogP contribution in [0.2, 0.25) is 0 Å². The number of pyridine rings is 1. The molecule has 0 unspecified atom stereocenters. The molecule has 0 bridgehead atoms. The lowest BCUT2D eigenvalue weighted by atomic mass is 10.0. The van der Waals surface area contributed by atoms with Crippen LogP contribution in [0.25, 0.3) is 10.9 Å². The topological polar surface area (TPSA) is 30.0 Å². The second-order valence-electron chi connectivity index (χ2n) is 3.84. The number of ketones is 1. The molecule has 0 atom stereocenters. The van der Waals surface area contributed by atoms with Crippen LogP contribution in [0.3, 0.4) is 0 Å². The maximum absolute atomic E-state index is 12.5. The van der Waals surface area contributed by atoms with Crippen molar-refractivity contribution in [2.45, 2.75) is 0 Å². The molecule has 0 saturated heterocycles. The molecule has 88 valence electrons. The number of aromatic nitrogens is 1. The highest BCUT2D eigenvalue weighted by Gasteiger charge is 2.15. The highest BCUT2D eigenvalue weighted by molar-refractivity contribution is 9.10. The summed E-state index contributed by atoms with van der Waals surface area (Å²) in [5, 5.41) is 4.67. The van der Waals surface area contributed by atoms with Gasteiger partial charge in [0.2, 0.25) is 0 Å². The molecule has 18 heavy (non-hydrogen) atoms. The number of carbonyl (C=O) groups is 1. The predicted molar refractivity (Wildman–Crippen MR) is 77.2 cm³/mol. The van der Waals surface area contributed by atoms with E-state index < -0.39 is 0 Å². The fourth-order valence-corrected chi connectivity index (χ4v) is 3.34. The molecule has 0 amide bonds. The van der Waals surface area contributed by atoms with Gasteiger partial charge in [0.05, 0.1) is 5.52 Å². The number of carbonyl (C=O) groups excluding carboxylic acids is 1. The van der Waals surface area contributed by atoms with Crippen molar-refractivity contribution in [1.82, 2.24) is 4.98 Å². The summed E-state index contributed by atoms with van der Waals surface area (Å²) in [6.45, 7) is 0. The molecule has 3 rings (SSSR count). The van der Waals surface area contributed by atoms with Gasteiger partial charge in [0, 0.05) is 37.9 Å². The Morgan fingerprint density at radius 2 is 2.00 bits per heavy atom. The quantitative estimate of drug-likeness (QED) is 0.660. The van der Waals surface area contributed by atoms with Gasteiger partial charge in [0.1, 0.15) is 0 Å². The third kappa shape index (κ3) is 1.87. The van der Waals surface area contributed by atoms with E-state index >= 15 is 0 Å². The Hall–Kier alpha value is -1.52. The standard InChI is InChI=1S/C14H8BrNOS/c15-12-8-18-7-11(12)14(17)10-3-1-5-13-9(10)4-2-6-16-13/h1-8H. The summed E-state index contributed by atoms with van der Waals surface area (Å²) >= 11 is 4.91. The second kappa shape index (κ2) is 4.63. The van der Waals surface area contributed by atoms with Crippen LogP contribution < -0.4 is 0 Å². The van der Waals surface area contributed by atoms with Gasteiger partial charge < -0.3 is 0 Å². The van der Waals surface area contributed by atoms with Crippen molar-refractivity contribution in [1.29, 1.82) is 0 Å². The average molecular weight is 318 g/mol. The maximum Gasteiger partial charge on any atom is 0.195 e. The molecule has 0 N–H and O–H groups in total. The summed E-state index contributed by atoms with van der Waals surface area (Å²) in [6.07, 6.45) is 1.73. The van der Waals surface area contributed by atoms with E-state index in [1.54, 1.807) is 6.20 Å². The van der Waals surface area contributed by atoms with Gasteiger partial charge in [0.15, 0.2) is 5.78 Å². The summed E-state index contributed by atoms with van der Waals surface area (Å²) in [4.78, 5) is 16.8. The molecule has 4 heteroatoms. The zero-order valence-electron chi connectivity index (χ0n) is 9.26. The van der Waals surface area contributed by atoms with Crippen LogP contribution in [0.15, 0.2) is 51.8 Å². The normalized spacial score (nSPS) is 10.7. The lowest BCUT2D eigenvalue weighted by molar-refractivity contribution is 0.104. The third-order valence-corrected chi connectivity index (χ3v) is 4.45. The number of benzene rings is 1. The van der Waals surface area contributed by atoms with E-state index in [1.165, 1.54) is 11.3 Å². The van der Waals surface area contributed by atoms with Crippen LogP contribution in [0.4, 0.5) is 0 Å².